The van der Waals surface area contributed by atoms with Crippen LogP contribution in [0.2, 0.25) is 5.02 Å². The fraction of sp³-hybridized carbons (Fsp3) is 0.417. The topological polar surface area (TPSA) is 42.2 Å². The molecule has 0 N–H and O–H groups in total. The molecule has 0 saturated carbocycles. The standard InChI is InChI=1S/C12H14ClNO2S/c1-15-11-7-12(16-2)10(13)6-9(11)4-3-5-17-8-14/h6-7H,3-5H2,1-2H3. The number of aryl methyl sites for hydroxylation is 1. The Bertz CT molecular complexity index is 418. The van der Waals surface area contributed by atoms with Crippen molar-refractivity contribution in [1.82, 2.24) is 0 Å². The van der Waals surface area contributed by atoms with Crippen molar-refractivity contribution in [2.45, 2.75) is 12.8 Å². The molecule has 3 nitrogen and oxygen atoms in total. The van der Waals surface area contributed by atoms with Crippen LogP contribution in [-0.4, -0.2) is 20.0 Å². The number of benzene rings is 1. The van der Waals surface area contributed by atoms with Crippen LogP contribution in [0.25, 0.3) is 0 Å². The summed E-state index contributed by atoms with van der Waals surface area (Å²) in [5, 5.41) is 11.1. The van der Waals surface area contributed by atoms with Crippen LogP contribution in [0.1, 0.15) is 12.0 Å². The highest BCUT2D eigenvalue weighted by Crippen LogP contribution is 2.33. The summed E-state index contributed by atoms with van der Waals surface area (Å²) in [6.07, 6.45) is 1.75. The SMILES string of the molecule is COc1cc(OC)c(CCCSC#N)cc1Cl. The summed E-state index contributed by atoms with van der Waals surface area (Å²) in [7, 11) is 3.19. The second-order valence-corrected chi connectivity index (χ2v) is 4.63. The first kappa shape index (κ1) is 14.0. The Balaban J connectivity index is 2.77. The second-order valence-electron chi connectivity index (χ2n) is 3.34. The van der Waals surface area contributed by atoms with E-state index >= 15 is 0 Å². The summed E-state index contributed by atoms with van der Waals surface area (Å²) in [5.74, 6) is 2.19. The van der Waals surface area contributed by atoms with Crippen molar-refractivity contribution in [3.05, 3.63) is 22.7 Å². The summed E-state index contributed by atoms with van der Waals surface area (Å²) >= 11 is 7.32. The van der Waals surface area contributed by atoms with Gasteiger partial charge < -0.3 is 9.47 Å². The van der Waals surface area contributed by atoms with E-state index in [1.165, 1.54) is 11.8 Å². The number of halogens is 1. The van der Waals surface area contributed by atoms with Gasteiger partial charge in [0.1, 0.15) is 16.9 Å². The van der Waals surface area contributed by atoms with Crippen molar-refractivity contribution in [2.75, 3.05) is 20.0 Å². The quantitative estimate of drug-likeness (QED) is 0.587. The van der Waals surface area contributed by atoms with Crippen LogP contribution >= 0.6 is 23.4 Å². The number of hydrogen-bond donors (Lipinski definition) is 0. The Morgan fingerprint density at radius 3 is 2.59 bits per heavy atom. The molecule has 0 amide bonds. The molecule has 0 aromatic heterocycles. The van der Waals surface area contributed by atoms with E-state index in [9.17, 15) is 0 Å². The molecule has 0 unspecified atom stereocenters. The summed E-state index contributed by atoms with van der Waals surface area (Å²) in [6, 6.07) is 3.64. The van der Waals surface area contributed by atoms with Gasteiger partial charge in [0, 0.05) is 11.8 Å². The summed E-state index contributed by atoms with van der Waals surface area (Å²) in [6.45, 7) is 0. The predicted molar refractivity (Wildman–Crippen MR) is 70.9 cm³/mol. The maximum Gasteiger partial charge on any atom is 0.141 e. The van der Waals surface area contributed by atoms with Gasteiger partial charge in [-0.2, -0.15) is 5.26 Å². The molecule has 0 fully saturated rings. The summed E-state index contributed by atoms with van der Waals surface area (Å²) in [5.41, 5.74) is 1.04. The number of thioether (sulfide) groups is 1. The predicted octanol–water partition coefficient (Wildman–Crippen LogP) is 3.50. The van der Waals surface area contributed by atoms with Gasteiger partial charge in [0.05, 0.1) is 19.2 Å². The smallest absolute Gasteiger partial charge is 0.141 e. The number of thiocyanates is 1. The van der Waals surface area contributed by atoms with Crippen molar-refractivity contribution in [2.24, 2.45) is 0 Å². The summed E-state index contributed by atoms with van der Waals surface area (Å²) < 4.78 is 10.4. The number of nitriles is 1. The Labute approximate surface area is 111 Å². The first-order valence-electron chi connectivity index (χ1n) is 5.14. The number of nitrogens with zero attached hydrogens (tertiary/aromatic N) is 1. The normalized spacial score (nSPS) is 9.76. The maximum atomic E-state index is 8.43. The molecule has 0 heterocycles. The minimum absolute atomic E-state index is 0.580. The summed E-state index contributed by atoms with van der Waals surface area (Å²) in [4.78, 5) is 0. The largest absolute Gasteiger partial charge is 0.496 e. The number of ether oxygens (including phenoxy) is 2. The molecule has 0 radical (unpaired) electrons. The minimum Gasteiger partial charge on any atom is -0.496 e. The fourth-order valence-corrected chi connectivity index (χ4v) is 2.14. The first-order chi connectivity index (χ1) is 8.22. The third-order valence-corrected chi connectivity index (χ3v) is 3.23. The van der Waals surface area contributed by atoms with Crippen LogP contribution < -0.4 is 9.47 Å². The van der Waals surface area contributed by atoms with Crippen molar-refractivity contribution in [1.29, 1.82) is 5.26 Å². The molecule has 0 aliphatic heterocycles. The van der Waals surface area contributed by atoms with Gasteiger partial charge in [0.25, 0.3) is 0 Å². The lowest BCUT2D eigenvalue weighted by Crippen LogP contribution is -1.95. The van der Waals surface area contributed by atoms with Gasteiger partial charge in [-0.1, -0.05) is 11.6 Å². The highest BCUT2D eigenvalue weighted by molar-refractivity contribution is 8.03. The maximum absolute atomic E-state index is 8.43. The van der Waals surface area contributed by atoms with Crippen LogP contribution in [0, 0.1) is 10.7 Å². The zero-order valence-corrected chi connectivity index (χ0v) is 11.4. The molecule has 92 valence electrons. The van der Waals surface area contributed by atoms with E-state index in [1.807, 2.05) is 6.07 Å². The highest BCUT2D eigenvalue weighted by atomic mass is 35.5. The van der Waals surface area contributed by atoms with E-state index < -0.39 is 0 Å². The average Bonchev–Trinajstić information content (AvgIpc) is 2.35. The van der Waals surface area contributed by atoms with Gasteiger partial charge in [0.2, 0.25) is 0 Å². The monoisotopic (exact) mass is 271 g/mol. The molecule has 0 aliphatic carbocycles. The van der Waals surface area contributed by atoms with Gasteiger partial charge in [-0.15, -0.1) is 0 Å². The molecule has 0 atom stereocenters. The Kier molecular flexibility index (Phi) is 6.03. The van der Waals surface area contributed by atoms with Crippen LogP contribution in [0.3, 0.4) is 0 Å². The number of hydrogen-bond acceptors (Lipinski definition) is 4. The van der Waals surface area contributed by atoms with Crippen molar-refractivity contribution >= 4 is 23.4 Å². The van der Waals surface area contributed by atoms with Gasteiger partial charge in [-0.25, -0.2) is 0 Å². The number of methoxy groups -OCH3 is 2. The molecular weight excluding hydrogens is 258 g/mol. The van der Waals surface area contributed by atoms with Crippen molar-refractivity contribution in [3.8, 4) is 16.9 Å². The van der Waals surface area contributed by atoms with E-state index in [4.69, 9.17) is 26.3 Å². The average molecular weight is 272 g/mol. The Morgan fingerprint density at radius 1 is 1.29 bits per heavy atom. The van der Waals surface area contributed by atoms with Gasteiger partial charge >= 0.3 is 0 Å². The molecule has 0 spiro atoms. The van der Waals surface area contributed by atoms with E-state index in [1.54, 1.807) is 20.3 Å². The molecule has 0 aliphatic rings. The highest BCUT2D eigenvalue weighted by Gasteiger charge is 2.09. The first-order valence-corrected chi connectivity index (χ1v) is 6.50. The van der Waals surface area contributed by atoms with Gasteiger partial charge in [-0.3, -0.25) is 0 Å². The van der Waals surface area contributed by atoms with Gasteiger partial charge in [0.15, 0.2) is 0 Å². The molecule has 5 heteroatoms. The molecule has 1 rings (SSSR count). The molecule has 0 saturated heterocycles. The second kappa shape index (κ2) is 7.31. The molecule has 1 aromatic carbocycles. The van der Waals surface area contributed by atoms with Crippen molar-refractivity contribution in [3.63, 3.8) is 0 Å². The van der Waals surface area contributed by atoms with Gasteiger partial charge in [-0.05, 0) is 36.2 Å². The van der Waals surface area contributed by atoms with Crippen molar-refractivity contribution < 1.29 is 9.47 Å². The third kappa shape index (κ3) is 4.03. The Hall–Kier alpha value is -1.05. The third-order valence-electron chi connectivity index (χ3n) is 2.31. The van der Waals surface area contributed by atoms with Crippen LogP contribution in [0.5, 0.6) is 11.5 Å². The van der Waals surface area contributed by atoms with E-state index in [0.29, 0.717) is 10.8 Å². The Morgan fingerprint density at radius 2 is 2.00 bits per heavy atom. The van der Waals surface area contributed by atoms with Crippen LogP contribution in [-0.2, 0) is 6.42 Å². The molecule has 17 heavy (non-hydrogen) atoms. The lowest BCUT2D eigenvalue weighted by atomic mass is 10.1. The lowest BCUT2D eigenvalue weighted by Gasteiger charge is -2.11. The van der Waals surface area contributed by atoms with E-state index in [0.717, 1.165) is 29.9 Å². The zero-order valence-electron chi connectivity index (χ0n) is 9.83. The van der Waals surface area contributed by atoms with Crippen LogP contribution in [0.4, 0.5) is 0 Å². The lowest BCUT2D eigenvalue weighted by molar-refractivity contribution is 0.391. The fourth-order valence-electron chi connectivity index (χ4n) is 1.50. The molecule has 0 bridgehead atoms. The zero-order chi connectivity index (χ0) is 12.7. The molecular formula is C12H14ClNO2S. The van der Waals surface area contributed by atoms with E-state index in [-0.39, 0.29) is 0 Å². The van der Waals surface area contributed by atoms with Crippen LogP contribution in [0.15, 0.2) is 12.1 Å². The minimum atomic E-state index is 0.580. The number of rotatable bonds is 6. The molecule has 1 aromatic rings. The van der Waals surface area contributed by atoms with E-state index in [2.05, 4.69) is 5.40 Å².